The summed E-state index contributed by atoms with van der Waals surface area (Å²) in [6.07, 6.45) is 0. The van der Waals surface area contributed by atoms with E-state index in [0.29, 0.717) is 5.25 Å². The van der Waals surface area contributed by atoms with Gasteiger partial charge in [0.05, 0.1) is 5.25 Å². The maximum absolute atomic E-state index is 3.65. The predicted octanol–water partition coefficient (Wildman–Crippen LogP) is 6.47. The summed E-state index contributed by atoms with van der Waals surface area (Å²) in [4.78, 5) is 0. The molecule has 3 rings (SSSR count). The van der Waals surface area contributed by atoms with Crippen LogP contribution in [0.15, 0.2) is 89.4 Å². The molecule has 0 aliphatic heterocycles. The first-order valence-electron chi connectivity index (χ1n) is 7.29. The largest absolute Gasteiger partial charge is 0.144 e. The average Bonchev–Trinajstić information content (AvgIpc) is 2.59. The molecule has 0 heterocycles. The first-order valence-corrected chi connectivity index (χ1v) is 9.13. The number of hydrogen-bond donors (Lipinski definition) is 0. The molecule has 0 fully saturated rings. The van der Waals surface area contributed by atoms with Crippen molar-refractivity contribution >= 4 is 27.7 Å². The second kappa shape index (κ2) is 7.66. The van der Waals surface area contributed by atoms with Crippen molar-refractivity contribution in [3.63, 3.8) is 0 Å². The van der Waals surface area contributed by atoms with Crippen LogP contribution in [-0.4, -0.2) is 0 Å². The highest BCUT2D eigenvalue weighted by Crippen LogP contribution is 2.38. The Morgan fingerprint density at radius 3 is 1.73 bits per heavy atom. The first kappa shape index (κ1) is 15.4. The molecule has 110 valence electrons. The van der Waals surface area contributed by atoms with E-state index < -0.39 is 0 Å². The molecule has 0 atom stereocenters. The van der Waals surface area contributed by atoms with E-state index in [0.717, 1.165) is 5.75 Å². The summed E-state index contributed by atoms with van der Waals surface area (Å²) >= 11 is 5.61. The van der Waals surface area contributed by atoms with Crippen molar-refractivity contribution in [1.29, 1.82) is 0 Å². The molecule has 0 bridgehead atoms. The van der Waals surface area contributed by atoms with Gasteiger partial charge in [-0.3, -0.25) is 0 Å². The van der Waals surface area contributed by atoms with E-state index in [-0.39, 0.29) is 0 Å². The van der Waals surface area contributed by atoms with Gasteiger partial charge in [-0.2, -0.15) is 0 Å². The van der Waals surface area contributed by atoms with Crippen LogP contribution in [0.5, 0.6) is 0 Å². The fourth-order valence-corrected chi connectivity index (χ4v) is 4.34. The molecule has 3 aromatic rings. The lowest BCUT2D eigenvalue weighted by molar-refractivity contribution is 1.15. The molecule has 22 heavy (non-hydrogen) atoms. The van der Waals surface area contributed by atoms with Crippen molar-refractivity contribution in [3.05, 3.63) is 106 Å². The van der Waals surface area contributed by atoms with E-state index in [1.807, 2.05) is 11.8 Å². The van der Waals surface area contributed by atoms with E-state index in [2.05, 4.69) is 101 Å². The van der Waals surface area contributed by atoms with Gasteiger partial charge in [0.1, 0.15) is 0 Å². The third-order valence-electron chi connectivity index (χ3n) is 3.57. The summed E-state index contributed by atoms with van der Waals surface area (Å²) in [6, 6.07) is 29.9. The summed E-state index contributed by atoms with van der Waals surface area (Å²) < 4.78 is 1.18. The van der Waals surface area contributed by atoms with Crippen LogP contribution in [0.25, 0.3) is 0 Å². The molecule has 0 unspecified atom stereocenters. The topological polar surface area (TPSA) is 0 Å². The van der Waals surface area contributed by atoms with Crippen LogP contribution in [0, 0.1) is 0 Å². The van der Waals surface area contributed by atoms with E-state index in [9.17, 15) is 0 Å². The van der Waals surface area contributed by atoms with Gasteiger partial charge in [0, 0.05) is 10.2 Å². The van der Waals surface area contributed by atoms with Crippen molar-refractivity contribution in [2.24, 2.45) is 0 Å². The van der Waals surface area contributed by atoms with Crippen molar-refractivity contribution in [3.8, 4) is 0 Å². The summed E-state index contributed by atoms with van der Waals surface area (Å²) in [5.41, 5.74) is 4.04. The van der Waals surface area contributed by atoms with Crippen LogP contribution in [0.4, 0.5) is 0 Å². The van der Waals surface area contributed by atoms with E-state index in [4.69, 9.17) is 0 Å². The zero-order chi connectivity index (χ0) is 15.2. The van der Waals surface area contributed by atoms with Gasteiger partial charge in [-0.05, 0) is 22.8 Å². The lowest BCUT2D eigenvalue weighted by Gasteiger charge is -2.18. The van der Waals surface area contributed by atoms with Gasteiger partial charge in [-0.1, -0.05) is 94.8 Å². The van der Waals surface area contributed by atoms with Gasteiger partial charge in [0.25, 0.3) is 0 Å². The minimum atomic E-state index is 0.356. The molecule has 2 heteroatoms. The van der Waals surface area contributed by atoms with Gasteiger partial charge < -0.3 is 0 Å². The third-order valence-corrected chi connectivity index (χ3v) is 5.70. The minimum Gasteiger partial charge on any atom is -0.144 e. The van der Waals surface area contributed by atoms with E-state index in [1.54, 1.807) is 0 Å². The van der Waals surface area contributed by atoms with Gasteiger partial charge in [0.2, 0.25) is 0 Å². The Hall–Kier alpha value is -1.51. The number of hydrogen-bond acceptors (Lipinski definition) is 1. The normalized spacial score (nSPS) is 10.8. The summed E-state index contributed by atoms with van der Waals surface area (Å²) in [5, 5.41) is 0.356. The summed E-state index contributed by atoms with van der Waals surface area (Å²) in [5.74, 6) is 0.982. The first-order chi connectivity index (χ1) is 10.8. The van der Waals surface area contributed by atoms with Crippen LogP contribution in [-0.2, 0) is 5.75 Å². The monoisotopic (exact) mass is 368 g/mol. The number of benzene rings is 3. The molecule has 0 aliphatic carbocycles. The molecule has 0 aliphatic rings. The molecule has 0 nitrogen and oxygen atoms in total. The quantitative estimate of drug-likeness (QED) is 0.497. The van der Waals surface area contributed by atoms with E-state index >= 15 is 0 Å². The number of thioether (sulfide) groups is 1. The Morgan fingerprint density at radius 1 is 0.682 bits per heavy atom. The lowest BCUT2D eigenvalue weighted by Crippen LogP contribution is -1.97. The summed E-state index contributed by atoms with van der Waals surface area (Å²) in [6.45, 7) is 0. The van der Waals surface area contributed by atoms with E-state index in [1.165, 1.54) is 21.2 Å². The van der Waals surface area contributed by atoms with Gasteiger partial charge in [-0.15, -0.1) is 11.8 Å². The Bertz CT molecular complexity index is 671. The molecule has 0 spiro atoms. The molecule has 0 saturated heterocycles. The standard InChI is InChI=1S/C20H17BrS/c21-19-14-8-7-13-18(19)15-22-20(16-9-3-1-4-10-16)17-11-5-2-6-12-17/h1-14,20H,15H2. The second-order valence-corrected chi connectivity index (χ2v) is 7.05. The molecule has 0 amide bonds. The summed E-state index contributed by atoms with van der Waals surface area (Å²) in [7, 11) is 0. The molecule has 0 saturated carbocycles. The van der Waals surface area contributed by atoms with Crippen LogP contribution < -0.4 is 0 Å². The fourth-order valence-electron chi connectivity index (χ4n) is 2.43. The number of halogens is 1. The Kier molecular flexibility index (Phi) is 5.36. The molecule has 0 radical (unpaired) electrons. The maximum Gasteiger partial charge on any atom is 0.0549 e. The highest BCUT2D eigenvalue weighted by molar-refractivity contribution is 9.10. The third kappa shape index (κ3) is 3.82. The van der Waals surface area contributed by atoms with Crippen LogP contribution in [0.2, 0.25) is 0 Å². The Morgan fingerprint density at radius 2 is 1.18 bits per heavy atom. The Balaban J connectivity index is 1.85. The van der Waals surface area contributed by atoms with Crippen molar-refractivity contribution < 1.29 is 0 Å². The SMILES string of the molecule is Brc1ccccc1CSC(c1ccccc1)c1ccccc1. The Labute approximate surface area is 144 Å². The highest BCUT2D eigenvalue weighted by Gasteiger charge is 2.14. The lowest BCUT2D eigenvalue weighted by atomic mass is 10.0. The predicted molar refractivity (Wildman–Crippen MR) is 100 cm³/mol. The maximum atomic E-state index is 3.65. The smallest absolute Gasteiger partial charge is 0.0549 e. The minimum absolute atomic E-state index is 0.356. The second-order valence-electron chi connectivity index (χ2n) is 5.10. The van der Waals surface area contributed by atoms with Gasteiger partial charge >= 0.3 is 0 Å². The average molecular weight is 369 g/mol. The molecular formula is C20H17BrS. The zero-order valence-corrected chi connectivity index (χ0v) is 14.6. The van der Waals surface area contributed by atoms with Gasteiger partial charge in [-0.25, -0.2) is 0 Å². The van der Waals surface area contributed by atoms with Crippen molar-refractivity contribution in [2.45, 2.75) is 11.0 Å². The van der Waals surface area contributed by atoms with Crippen LogP contribution >= 0.6 is 27.7 Å². The van der Waals surface area contributed by atoms with Crippen LogP contribution in [0.1, 0.15) is 21.9 Å². The highest BCUT2D eigenvalue weighted by atomic mass is 79.9. The molecule has 0 aromatic heterocycles. The molecule has 3 aromatic carbocycles. The van der Waals surface area contributed by atoms with Crippen molar-refractivity contribution in [1.82, 2.24) is 0 Å². The number of rotatable bonds is 5. The van der Waals surface area contributed by atoms with Crippen LogP contribution in [0.3, 0.4) is 0 Å². The zero-order valence-electron chi connectivity index (χ0n) is 12.2. The van der Waals surface area contributed by atoms with Gasteiger partial charge in [0.15, 0.2) is 0 Å². The molecule has 0 N–H and O–H groups in total. The fraction of sp³-hybridized carbons (Fsp3) is 0.100. The molecular weight excluding hydrogens is 352 g/mol. The van der Waals surface area contributed by atoms with Crippen molar-refractivity contribution in [2.75, 3.05) is 0 Å².